The molecule has 0 fully saturated rings. The van der Waals surface area contributed by atoms with Crippen molar-refractivity contribution in [3.05, 3.63) is 0 Å². The summed E-state index contributed by atoms with van der Waals surface area (Å²) >= 11 is 0. The largest absolute Gasteiger partial charge is 0.317 e. The number of rotatable bonds is 2. The zero-order chi connectivity index (χ0) is 4.99. The molecule has 0 aliphatic heterocycles. The highest BCUT2D eigenvalue weighted by Crippen LogP contribution is 1.56. The highest BCUT2D eigenvalue weighted by atomic mass is 15.5. The second-order valence-electron chi connectivity index (χ2n) is 1.10. The van der Waals surface area contributed by atoms with Crippen LogP contribution in [-0.2, 0) is 0 Å². The van der Waals surface area contributed by atoms with Crippen molar-refractivity contribution in [1.29, 1.82) is 0 Å². The van der Waals surface area contributed by atoms with E-state index in [0.717, 1.165) is 0 Å². The van der Waals surface area contributed by atoms with Crippen molar-refractivity contribution >= 4 is 0 Å². The fourth-order valence-corrected chi connectivity index (χ4v) is 0.0913. The zero-order valence-corrected chi connectivity index (χ0v) is 4.23. The Labute approximate surface area is 38.1 Å². The summed E-state index contributed by atoms with van der Waals surface area (Å²) in [6.45, 7) is 0.552. The van der Waals surface area contributed by atoms with Gasteiger partial charge in [-0.25, -0.2) is 5.01 Å². The summed E-state index contributed by atoms with van der Waals surface area (Å²) in [6.07, 6.45) is 0. The molecule has 0 saturated carbocycles. The van der Waals surface area contributed by atoms with Crippen LogP contribution in [0.5, 0.6) is 0 Å². The van der Waals surface area contributed by atoms with Crippen LogP contribution in [-0.4, -0.2) is 25.8 Å². The predicted octanol–water partition coefficient (Wildman–Crippen LogP) is -1.03. The molecule has 0 aliphatic rings. The number of hydrazine groups is 1. The van der Waals surface area contributed by atoms with E-state index in [4.69, 9.17) is 5.73 Å². The summed E-state index contributed by atoms with van der Waals surface area (Å²) in [5, 5.41) is 1.78. The van der Waals surface area contributed by atoms with Gasteiger partial charge in [-0.3, -0.25) is 5.43 Å². The van der Waals surface area contributed by atoms with Crippen molar-refractivity contribution in [3.63, 3.8) is 0 Å². The lowest BCUT2D eigenvalue weighted by atomic mass is 11.0. The quantitative estimate of drug-likeness (QED) is 0.336. The van der Waals surface area contributed by atoms with Gasteiger partial charge in [-0.05, 0) is 7.05 Å². The average Bonchev–Trinajstić information content (AvgIpc) is 1.65. The molecule has 38 valence electrons. The van der Waals surface area contributed by atoms with E-state index < -0.39 is 0 Å². The SMILES string of the molecule is CNN(C)CN. The normalized spacial score (nSPS) is 10.0. The molecule has 0 radical (unpaired) electrons. The topological polar surface area (TPSA) is 41.3 Å². The summed E-state index contributed by atoms with van der Waals surface area (Å²) < 4.78 is 0. The summed E-state index contributed by atoms with van der Waals surface area (Å²) in [4.78, 5) is 0. The van der Waals surface area contributed by atoms with Gasteiger partial charge in [0.15, 0.2) is 0 Å². The van der Waals surface area contributed by atoms with Gasteiger partial charge in [0, 0.05) is 7.05 Å². The number of hydrogen-bond donors (Lipinski definition) is 2. The predicted molar refractivity (Wildman–Crippen MR) is 25.9 cm³/mol. The Morgan fingerprint density at radius 3 is 2.33 bits per heavy atom. The lowest BCUT2D eigenvalue weighted by molar-refractivity contribution is 0.268. The summed E-state index contributed by atoms with van der Waals surface area (Å²) in [5.74, 6) is 0. The van der Waals surface area contributed by atoms with Gasteiger partial charge in [-0.1, -0.05) is 0 Å². The van der Waals surface area contributed by atoms with E-state index in [0.29, 0.717) is 6.67 Å². The van der Waals surface area contributed by atoms with Gasteiger partial charge < -0.3 is 5.73 Å². The minimum atomic E-state index is 0.552. The molecule has 0 rings (SSSR count). The maximum atomic E-state index is 5.15. The first kappa shape index (κ1) is 5.88. The molecule has 0 aromatic carbocycles. The van der Waals surface area contributed by atoms with E-state index in [9.17, 15) is 0 Å². The second-order valence-corrected chi connectivity index (χ2v) is 1.10. The molecule has 0 amide bonds. The Kier molecular flexibility index (Phi) is 3.02. The number of hydrogen-bond acceptors (Lipinski definition) is 3. The van der Waals surface area contributed by atoms with Crippen molar-refractivity contribution in [2.75, 3.05) is 20.8 Å². The zero-order valence-electron chi connectivity index (χ0n) is 4.23. The first-order valence-corrected chi connectivity index (χ1v) is 1.90. The fourth-order valence-electron chi connectivity index (χ4n) is 0.0913. The summed E-state index contributed by atoms with van der Waals surface area (Å²) in [5.41, 5.74) is 7.97. The molecule has 0 unspecified atom stereocenters. The Morgan fingerprint density at radius 1 is 1.83 bits per heavy atom. The molecule has 0 heterocycles. The molecule has 0 bridgehead atoms. The molecule has 0 aliphatic carbocycles. The number of nitrogens with one attached hydrogen (secondary N) is 1. The van der Waals surface area contributed by atoms with E-state index in [1.807, 2.05) is 14.1 Å². The number of nitrogens with two attached hydrogens (primary N) is 1. The third-order valence-electron chi connectivity index (χ3n) is 0.656. The fraction of sp³-hybridized carbons (Fsp3) is 1.00. The second kappa shape index (κ2) is 3.08. The maximum Gasteiger partial charge on any atom is 0.0592 e. The van der Waals surface area contributed by atoms with Crippen molar-refractivity contribution in [2.24, 2.45) is 5.73 Å². The lowest BCUT2D eigenvalue weighted by Crippen LogP contribution is -2.35. The van der Waals surface area contributed by atoms with Crippen LogP contribution in [0.1, 0.15) is 0 Å². The molecule has 3 nitrogen and oxygen atoms in total. The highest BCUT2D eigenvalue weighted by molar-refractivity contribution is 4.24. The Bertz CT molecular complexity index is 25.2. The molecule has 3 N–H and O–H groups in total. The van der Waals surface area contributed by atoms with Crippen LogP contribution in [0.25, 0.3) is 0 Å². The van der Waals surface area contributed by atoms with Crippen LogP contribution in [0.3, 0.4) is 0 Å². The monoisotopic (exact) mass is 89.1 g/mol. The van der Waals surface area contributed by atoms with Crippen molar-refractivity contribution in [1.82, 2.24) is 10.4 Å². The highest BCUT2D eigenvalue weighted by Gasteiger charge is 1.79. The molecule has 0 aromatic heterocycles. The van der Waals surface area contributed by atoms with E-state index in [1.54, 1.807) is 5.01 Å². The van der Waals surface area contributed by atoms with E-state index in [-0.39, 0.29) is 0 Å². The van der Waals surface area contributed by atoms with Crippen molar-refractivity contribution in [3.8, 4) is 0 Å². The summed E-state index contributed by atoms with van der Waals surface area (Å²) in [6, 6.07) is 0. The molecule has 0 saturated heterocycles. The summed E-state index contributed by atoms with van der Waals surface area (Å²) in [7, 11) is 3.70. The van der Waals surface area contributed by atoms with Gasteiger partial charge in [-0.15, -0.1) is 0 Å². The third kappa shape index (κ3) is 2.14. The van der Waals surface area contributed by atoms with Gasteiger partial charge in [-0.2, -0.15) is 0 Å². The molecule has 0 spiro atoms. The van der Waals surface area contributed by atoms with E-state index in [1.165, 1.54) is 0 Å². The minimum absolute atomic E-state index is 0.552. The molecular formula is C3H11N3. The van der Waals surface area contributed by atoms with Crippen molar-refractivity contribution < 1.29 is 0 Å². The van der Waals surface area contributed by atoms with Gasteiger partial charge in [0.25, 0.3) is 0 Å². The van der Waals surface area contributed by atoms with Gasteiger partial charge in [0.2, 0.25) is 0 Å². The number of nitrogens with zero attached hydrogens (tertiary/aromatic N) is 1. The smallest absolute Gasteiger partial charge is 0.0592 e. The molecule has 0 aromatic rings. The molecule has 3 heteroatoms. The van der Waals surface area contributed by atoms with Crippen LogP contribution in [0.15, 0.2) is 0 Å². The average molecular weight is 89.1 g/mol. The van der Waals surface area contributed by atoms with Crippen LogP contribution < -0.4 is 11.2 Å². The molecular weight excluding hydrogens is 78.1 g/mol. The van der Waals surface area contributed by atoms with E-state index in [2.05, 4.69) is 5.43 Å². The minimum Gasteiger partial charge on any atom is -0.317 e. The Morgan fingerprint density at radius 2 is 2.33 bits per heavy atom. The Balaban J connectivity index is 2.75. The van der Waals surface area contributed by atoms with Crippen LogP contribution in [0.2, 0.25) is 0 Å². The molecule has 0 atom stereocenters. The maximum absolute atomic E-state index is 5.15. The van der Waals surface area contributed by atoms with Gasteiger partial charge in [0.1, 0.15) is 0 Å². The Hall–Kier alpha value is -0.120. The third-order valence-corrected chi connectivity index (χ3v) is 0.656. The van der Waals surface area contributed by atoms with Crippen molar-refractivity contribution in [2.45, 2.75) is 0 Å². The van der Waals surface area contributed by atoms with Gasteiger partial charge in [0.05, 0.1) is 6.67 Å². The lowest BCUT2D eigenvalue weighted by Gasteiger charge is -2.09. The first-order chi connectivity index (χ1) is 2.81. The standard InChI is InChI=1S/C3H11N3/c1-5-6(2)3-4/h5H,3-4H2,1-2H3. The van der Waals surface area contributed by atoms with Crippen LogP contribution >= 0.6 is 0 Å². The van der Waals surface area contributed by atoms with Crippen LogP contribution in [0.4, 0.5) is 0 Å². The van der Waals surface area contributed by atoms with Crippen LogP contribution in [0, 0.1) is 0 Å². The molecule has 6 heavy (non-hydrogen) atoms. The first-order valence-electron chi connectivity index (χ1n) is 1.90. The van der Waals surface area contributed by atoms with E-state index >= 15 is 0 Å². The van der Waals surface area contributed by atoms with Gasteiger partial charge >= 0.3 is 0 Å².